The molecule has 1 saturated carbocycles. The van der Waals surface area contributed by atoms with Crippen LogP contribution in [0.4, 0.5) is 0 Å². The fraction of sp³-hybridized carbons (Fsp3) is 0.562. The minimum atomic E-state index is 0.0744. The topological polar surface area (TPSA) is 54.3 Å². The van der Waals surface area contributed by atoms with Crippen LogP contribution in [0.5, 0.6) is 11.5 Å². The third-order valence-electron chi connectivity index (χ3n) is 3.66. The molecule has 0 aromatic heterocycles. The summed E-state index contributed by atoms with van der Waals surface area (Å²) in [6.07, 6.45) is 2.74. The summed E-state index contributed by atoms with van der Waals surface area (Å²) < 4.78 is 11.7. The molecule has 1 aliphatic carbocycles. The lowest BCUT2D eigenvalue weighted by atomic mass is 10.1. The second-order valence-corrected chi connectivity index (χ2v) is 5.33. The molecule has 1 fully saturated rings. The third-order valence-corrected chi connectivity index (χ3v) is 3.66. The van der Waals surface area contributed by atoms with E-state index in [0.29, 0.717) is 19.6 Å². The quantitative estimate of drug-likeness (QED) is 0.792. The van der Waals surface area contributed by atoms with Gasteiger partial charge in [0.1, 0.15) is 0 Å². The van der Waals surface area contributed by atoms with E-state index >= 15 is 0 Å². The third kappa shape index (κ3) is 3.43. The Labute approximate surface area is 120 Å². The number of ether oxygens (including phenoxy) is 2. The largest absolute Gasteiger partial charge is 0.490 e. The average Bonchev–Trinajstić information content (AvgIpc) is 3.19. The predicted molar refractivity (Wildman–Crippen MR) is 77.8 cm³/mol. The van der Waals surface area contributed by atoms with Gasteiger partial charge in [0.2, 0.25) is 0 Å². The first-order chi connectivity index (χ1) is 9.74. The van der Waals surface area contributed by atoms with Crippen LogP contribution in [0.25, 0.3) is 0 Å². The molecule has 4 nitrogen and oxygen atoms in total. The van der Waals surface area contributed by atoms with Crippen molar-refractivity contribution in [1.29, 1.82) is 5.26 Å². The Kier molecular flexibility index (Phi) is 4.86. The second-order valence-electron chi connectivity index (χ2n) is 5.33. The summed E-state index contributed by atoms with van der Waals surface area (Å²) in [4.78, 5) is 0. The average molecular weight is 274 g/mol. The van der Waals surface area contributed by atoms with Crippen molar-refractivity contribution in [3.05, 3.63) is 23.8 Å². The van der Waals surface area contributed by atoms with E-state index in [1.165, 1.54) is 0 Å². The van der Waals surface area contributed by atoms with Gasteiger partial charge < -0.3 is 14.8 Å². The number of nitrogens with zero attached hydrogens (tertiary/aromatic N) is 1. The highest BCUT2D eigenvalue weighted by molar-refractivity contribution is 5.46. The molecule has 1 N–H and O–H groups in total. The second kappa shape index (κ2) is 6.62. The van der Waals surface area contributed by atoms with Crippen molar-refractivity contribution in [3.63, 3.8) is 0 Å². The molecule has 0 radical (unpaired) electrons. The van der Waals surface area contributed by atoms with Crippen molar-refractivity contribution >= 4 is 0 Å². The van der Waals surface area contributed by atoms with Crippen molar-refractivity contribution in [2.75, 3.05) is 20.3 Å². The lowest BCUT2D eigenvalue weighted by Crippen LogP contribution is -2.15. The molecule has 2 rings (SSSR count). The summed E-state index contributed by atoms with van der Waals surface area (Å²) in [6, 6.07) is 8.21. The Balaban J connectivity index is 2.13. The van der Waals surface area contributed by atoms with Gasteiger partial charge in [0.25, 0.3) is 0 Å². The first-order valence-electron chi connectivity index (χ1n) is 7.14. The predicted octanol–water partition coefficient (Wildman–Crippen LogP) is 2.88. The van der Waals surface area contributed by atoms with E-state index in [9.17, 15) is 0 Å². The lowest BCUT2D eigenvalue weighted by Gasteiger charge is -2.18. The molecule has 0 heterocycles. The number of hydrogen-bond donors (Lipinski definition) is 1. The van der Waals surface area contributed by atoms with Crippen molar-refractivity contribution in [2.24, 2.45) is 5.41 Å². The Bertz CT molecular complexity index is 465. The zero-order chi connectivity index (χ0) is 14.4. The fourth-order valence-electron chi connectivity index (χ4n) is 2.27. The van der Waals surface area contributed by atoms with Gasteiger partial charge in [-0.25, -0.2) is 0 Å². The number of benzene rings is 1. The van der Waals surface area contributed by atoms with Gasteiger partial charge in [-0.3, -0.25) is 0 Å². The lowest BCUT2D eigenvalue weighted by molar-refractivity contribution is 0.219. The first kappa shape index (κ1) is 14.7. The standard InChI is InChI=1S/C16H22N2O2/c1-3-19-14-6-4-5-13(11-18-2)15(14)20-12-16(7-8-16)9-10-17/h4-6,18H,3,7-9,11-12H2,1-2H3. The Morgan fingerprint density at radius 2 is 2.15 bits per heavy atom. The highest BCUT2D eigenvalue weighted by atomic mass is 16.5. The van der Waals surface area contributed by atoms with Crippen LogP contribution in [0.3, 0.4) is 0 Å². The number of nitrogens with one attached hydrogen (secondary N) is 1. The molecule has 0 atom stereocenters. The van der Waals surface area contributed by atoms with Gasteiger partial charge >= 0.3 is 0 Å². The maximum atomic E-state index is 8.88. The number of para-hydroxylation sites is 1. The molecule has 0 aliphatic heterocycles. The van der Waals surface area contributed by atoms with E-state index in [0.717, 1.165) is 36.4 Å². The van der Waals surface area contributed by atoms with Gasteiger partial charge in [-0.05, 0) is 32.9 Å². The van der Waals surface area contributed by atoms with Crippen LogP contribution in [-0.2, 0) is 6.54 Å². The zero-order valence-electron chi connectivity index (χ0n) is 12.2. The van der Waals surface area contributed by atoms with E-state index in [4.69, 9.17) is 14.7 Å². The number of hydrogen-bond acceptors (Lipinski definition) is 4. The molecule has 0 saturated heterocycles. The molecule has 0 bridgehead atoms. The van der Waals surface area contributed by atoms with Gasteiger partial charge in [-0.1, -0.05) is 12.1 Å². The Morgan fingerprint density at radius 1 is 1.35 bits per heavy atom. The molecule has 108 valence electrons. The monoisotopic (exact) mass is 274 g/mol. The zero-order valence-corrected chi connectivity index (χ0v) is 12.2. The van der Waals surface area contributed by atoms with Crippen LogP contribution in [0, 0.1) is 16.7 Å². The highest BCUT2D eigenvalue weighted by Gasteiger charge is 2.43. The molecule has 1 aliphatic rings. The molecular weight excluding hydrogens is 252 g/mol. The molecular formula is C16H22N2O2. The summed E-state index contributed by atoms with van der Waals surface area (Å²) in [5, 5.41) is 12.0. The first-order valence-corrected chi connectivity index (χ1v) is 7.14. The minimum absolute atomic E-state index is 0.0744. The molecule has 1 aromatic rings. The van der Waals surface area contributed by atoms with E-state index < -0.39 is 0 Å². The van der Waals surface area contributed by atoms with Crippen molar-refractivity contribution in [1.82, 2.24) is 5.32 Å². The summed E-state index contributed by atoms with van der Waals surface area (Å²) in [5.41, 5.74) is 1.16. The fourth-order valence-corrected chi connectivity index (χ4v) is 2.27. The van der Waals surface area contributed by atoms with Crippen LogP contribution in [0.15, 0.2) is 18.2 Å². The molecule has 20 heavy (non-hydrogen) atoms. The Hall–Kier alpha value is -1.73. The van der Waals surface area contributed by atoms with Gasteiger partial charge in [0.05, 0.1) is 19.3 Å². The van der Waals surface area contributed by atoms with Crippen LogP contribution in [0.1, 0.15) is 31.7 Å². The van der Waals surface area contributed by atoms with Crippen LogP contribution in [0.2, 0.25) is 0 Å². The van der Waals surface area contributed by atoms with E-state index in [-0.39, 0.29) is 5.41 Å². The molecule has 4 heteroatoms. The highest BCUT2D eigenvalue weighted by Crippen LogP contribution is 2.49. The number of rotatable bonds is 8. The normalized spacial score (nSPS) is 15.4. The van der Waals surface area contributed by atoms with E-state index in [1.807, 2.05) is 32.2 Å². The van der Waals surface area contributed by atoms with E-state index in [2.05, 4.69) is 11.4 Å². The molecule has 0 amide bonds. The molecule has 1 aromatic carbocycles. The van der Waals surface area contributed by atoms with Gasteiger partial charge in [-0.2, -0.15) is 5.26 Å². The summed E-state index contributed by atoms with van der Waals surface area (Å²) in [5.74, 6) is 1.60. The van der Waals surface area contributed by atoms with Crippen molar-refractivity contribution < 1.29 is 9.47 Å². The SMILES string of the molecule is CCOc1cccc(CNC)c1OCC1(CC#N)CC1. The summed E-state index contributed by atoms with van der Waals surface area (Å²) in [7, 11) is 1.91. The molecule has 0 spiro atoms. The van der Waals surface area contributed by atoms with Gasteiger partial charge in [-0.15, -0.1) is 0 Å². The van der Waals surface area contributed by atoms with Gasteiger partial charge in [0.15, 0.2) is 11.5 Å². The van der Waals surface area contributed by atoms with E-state index in [1.54, 1.807) is 0 Å². The smallest absolute Gasteiger partial charge is 0.165 e. The molecule has 0 unspecified atom stereocenters. The maximum absolute atomic E-state index is 8.88. The van der Waals surface area contributed by atoms with Crippen LogP contribution >= 0.6 is 0 Å². The van der Waals surface area contributed by atoms with Crippen LogP contribution in [-0.4, -0.2) is 20.3 Å². The summed E-state index contributed by atoms with van der Waals surface area (Å²) >= 11 is 0. The summed E-state index contributed by atoms with van der Waals surface area (Å²) in [6.45, 7) is 3.91. The number of nitriles is 1. The van der Waals surface area contributed by atoms with Gasteiger partial charge in [0, 0.05) is 23.9 Å². The minimum Gasteiger partial charge on any atom is -0.490 e. The maximum Gasteiger partial charge on any atom is 0.165 e. The van der Waals surface area contributed by atoms with Crippen LogP contribution < -0.4 is 14.8 Å². The van der Waals surface area contributed by atoms with Crippen molar-refractivity contribution in [3.8, 4) is 17.6 Å². The van der Waals surface area contributed by atoms with Crippen molar-refractivity contribution in [2.45, 2.75) is 32.7 Å². The Morgan fingerprint density at radius 3 is 2.75 bits per heavy atom.